The number of hydrogen-bond acceptors (Lipinski definition) is 5. The molecule has 1 rings (SSSR count). The summed E-state index contributed by atoms with van der Waals surface area (Å²) in [5.74, 6) is 1.39. The molecule has 4 N–H and O–H groups in total. The van der Waals surface area contributed by atoms with Crippen molar-refractivity contribution >= 4 is 11.5 Å². The molecule has 1 aromatic rings. The van der Waals surface area contributed by atoms with E-state index in [4.69, 9.17) is 10.5 Å². The molecule has 1 heterocycles. The number of pyridine rings is 1. The van der Waals surface area contributed by atoms with Gasteiger partial charge in [0.2, 0.25) is 0 Å². The summed E-state index contributed by atoms with van der Waals surface area (Å²) in [6, 6.07) is 1.74. The third kappa shape index (κ3) is 2.77. The normalized spacial score (nSPS) is 9.86. The van der Waals surface area contributed by atoms with Gasteiger partial charge in [0.05, 0.1) is 19.0 Å². The van der Waals surface area contributed by atoms with Gasteiger partial charge < -0.3 is 21.1 Å². The summed E-state index contributed by atoms with van der Waals surface area (Å²) >= 11 is 0. The average Bonchev–Trinajstić information content (AvgIpc) is 2.20. The van der Waals surface area contributed by atoms with Gasteiger partial charge in [-0.3, -0.25) is 0 Å². The molecule has 0 radical (unpaired) electrons. The highest BCUT2D eigenvalue weighted by Gasteiger charge is 2.03. The van der Waals surface area contributed by atoms with Gasteiger partial charge in [0.25, 0.3) is 0 Å². The van der Waals surface area contributed by atoms with Crippen molar-refractivity contribution in [2.24, 2.45) is 0 Å². The minimum atomic E-state index is 0.598. The summed E-state index contributed by atoms with van der Waals surface area (Å²) in [5.41, 5.74) is 6.17. The Hall–Kier alpha value is -1.49. The van der Waals surface area contributed by atoms with Gasteiger partial charge in [-0.1, -0.05) is 0 Å². The van der Waals surface area contributed by atoms with Gasteiger partial charge in [-0.2, -0.15) is 0 Å². The third-order valence-corrected chi connectivity index (χ3v) is 1.76. The lowest BCUT2D eigenvalue weighted by Crippen LogP contribution is -2.18. The first-order valence-corrected chi connectivity index (χ1v) is 4.46. The highest BCUT2D eigenvalue weighted by atomic mass is 16.5. The molecule has 0 aliphatic heterocycles. The number of methoxy groups -OCH3 is 1. The monoisotopic (exact) mass is 196 g/mol. The average molecular weight is 196 g/mol. The highest BCUT2D eigenvalue weighted by Crippen LogP contribution is 2.22. The van der Waals surface area contributed by atoms with Crippen molar-refractivity contribution in [3.05, 3.63) is 12.3 Å². The van der Waals surface area contributed by atoms with Gasteiger partial charge in [-0.25, -0.2) is 4.98 Å². The Morgan fingerprint density at radius 2 is 2.29 bits per heavy atom. The maximum Gasteiger partial charge on any atom is 0.168 e. The SMILES string of the molecule is CNCCNc1ncc(N)cc1OC. The molecule has 0 amide bonds. The molecule has 0 unspecified atom stereocenters. The maximum absolute atomic E-state index is 5.58. The summed E-state index contributed by atoms with van der Waals surface area (Å²) in [5, 5.41) is 6.17. The van der Waals surface area contributed by atoms with Crippen LogP contribution in [0, 0.1) is 0 Å². The number of nitrogens with zero attached hydrogens (tertiary/aromatic N) is 1. The predicted octanol–water partition coefficient (Wildman–Crippen LogP) is 0.304. The Labute approximate surface area is 83.7 Å². The van der Waals surface area contributed by atoms with E-state index in [0.29, 0.717) is 11.4 Å². The van der Waals surface area contributed by atoms with Crippen LogP contribution in [0.5, 0.6) is 5.75 Å². The van der Waals surface area contributed by atoms with Crippen LogP contribution in [0.15, 0.2) is 12.3 Å². The first-order chi connectivity index (χ1) is 6.77. The molecule has 0 aliphatic rings. The lowest BCUT2D eigenvalue weighted by atomic mass is 10.4. The topological polar surface area (TPSA) is 72.2 Å². The molecule has 0 spiro atoms. The third-order valence-electron chi connectivity index (χ3n) is 1.76. The highest BCUT2D eigenvalue weighted by molar-refractivity contribution is 5.56. The largest absolute Gasteiger partial charge is 0.493 e. The van der Waals surface area contributed by atoms with E-state index in [-0.39, 0.29) is 0 Å². The second kappa shape index (κ2) is 5.29. The van der Waals surface area contributed by atoms with E-state index in [1.165, 1.54) is 0 Å². The quantitative estimate of drug-likeness (QED) is 0.591. The van der Waals surface area contributed by atoms with E-state index in [2.05, 4.69) is 15.6 Å². The van der Waals surface area contributed by atoms with Gasteiger partial charge in [0.15, 0.2) is 11.6 Å². The van der Waals surface area contributed by atoms with E-state index in [9.17, 15) is 0 Å². The predicted molar refractivity (Wildman–Crippen MR) is 57.6 cm³/mol. The fourth-order valence-corrected chi connectivity index (χ4v) is 1.05. The molecule has 0 bridgehead atoms. The van der Waals surface area contributed by atoms with Crippen molar-refractivity contribution in [3.63, 3.8) is 0 Å². The van der Waals surface area contributed by atoms with Crippen LogP contribution in [-0.4, -0.2) is 32.2 Å². The summed E-state index contributed by atoms with van der Waals surface area (Å²) in [6.45, 7) is 1.67. The van der Waals surface area contributed by atoms with Crippen LogP contribution in [0.1, 0.15) is 0 Å². The van der Waals surface area contributed by atoms with Crippen molar-refractivity contribution in [1.82, 2.24) is 10.3 Å². The number of anilines is 2. The molecule has 5 heteroatoms. The van der Waals surface area contributed by atoms with E-state index >= 15 is 0 Å². The Morgan fingerprint density at radius 1 is 1.50 bits per heavy atom. The van der Waals surface area contributed by atoms with Gasteiger partial charge in [0, 0.05) is 19.2 Å². The molecule has 78 valence electrons. The molecule has 1 aromatic heterocycles. The first kappa shape index (κ1) is 10.6. The van der Waals surface area contributed by atoms with Crippen molar-refractivity contribution in [2.75, 3.05) is 38.3 Å². The zero-order valence-electron chi connectivity index (χ0n) is 8.50. The van der Waals surface area contributed by atoms with Crippen molar-refractivity contribution in [1.29, 1.82) is 0 Å². The summed E-state index contributed by atoms with van der Waals surface area (Å²) in [4.78, 5) is 4.13. The Bertz CT molecular complexity index is 290. The maximum atomic E-state index is 5.58. The second-order valence-electron chi connectivity index (χ2n) is 2.85. The van der Waals surface area contributed by atoms with Crippen molar-refractivity contribution in [3.8, 4) is 5.75 Å². The fourth-order valence-electron chi connectivity index (χ4n) is 1.05. The zero-order valence-corrected chi connectivity index (χ0v) is 8.50. The number of rotatable bonds is 5. The molecule has 0 fully saturated rings. The molecule has 0 aliphatic carbocycles. The number of ether oxygens (including phenoxy) is 1. The van der Waals surface area contributed by atoms with Crippen LogP contribution < -0.4 is 21.1 Å². The Morgan fingerprint density at radius 3 is 2.93 bits per heavy atom. The fraction of sp³-hybridized carbons (Fsp3) is 0.444. The van der Waals surface area contributed by atoms with Crippen LogP contribution in [-0.2, 0) is 0 Å². The molecule has 5 nitrogen and oxygen atoms in total. The molecular weight excluding hydrogens is 180 g/mol. The minimum absolute atomic E-state index is 0.598. The van der Waals surface area contributed by atoms with E-state index in [0.717, 1.165) is 18.9 Å². The summed E-state index contributed by atoms with van der Waals surface area (Å²) in [6.07, 6.45) is 1.60. The number of nitrogens with two attached hydrogens (primary N) is 1. The Kier molecular flexibility index (Phi) is 4.00. The van der Waals surface area contributed by atoms with E-state index < -0.39 is 0 Å². The molecule has 0 saturated heterocycles. The zero-order chi connectivity index (χ0) is 10.4. The van der Waals surface area contributed by atoms with Gasteiger partial charge in [0.1, 0.15) is 0 Å². The van der Waals surface area contributed by atoms with Gasteiger partial charge in [-0.15, -0.1) is 0 Å². The van der Waals surface area contributed by atoms with E-state index in [1.807, 2.05) is 7.05 Å². The van der Waals surface area contributed by atoms with Gasteiger partial charge in [-0.05, 0) is 7.05 Å². The lowest BCUT2D eigenvalue weighted by Gasteiger charge is -2.09. The lowest BCUT2D eigenvalue weighted by molar-refractivity contribution is 0.415. The Balaban J connectivity index is 2.65. The summed E-state index contributed by atoms with van der Waals surface area (Å²) in [7, 11) is 3.50. The summed E-state index contributed by atoms with van der Waals surface area (Å²) < 4.78 is 5.13. The van der Waals surface area contributed by atoms with Crippen molar-refractivity contribution < 1.29 is 4.74 Å². The van der Waals surface area contributed by atoms with Crippen LogP contribution in [0.25, 0.3) is 0 Å². The van der Waals surface area contributed by atoms with Crippen molar-refractivity contribution in [2.45, 2.75) is 0 Å². The number of nitrogens with one attached hydrogen (secondary N) is 2. The smallest absolute Gasteiger partial charge is 0.168 e. The first-order valence-electron chi connectivity index (χ1n) is 4.46. The van der Waals surface area contributed by atoms with Crippen LogP contribution in [0.3, 0.4) is 0 Å². The van der Waals surface area contributed by atoms with Crippen LogP contribution in [0.2, 0.25) is 0 Å². The molecular formula is C9H16N4O. The van der Waals surface area contributed by atoms with Crippen LogP contribution in [0.4, 0.5) is 11.5 Å². The number of likely N-dealkylation sites (N-methyl/N-ethyl adjacent to an activating group) is 1. The second-order valence-corrected chi connectivity index (χ2v) is 2.85. The van der Waals surface area contributed by atoms with Gasteiger partial charge >= 0.3 is 0 Å². The van der Waals surface area contributed by atoms with Crippen LogP contribution >= 0.6 is 0 Å². The standard InChI is InChI=1S/C9H16N4O/c1-11-3-4-12-9-8(14-2)5-7(10)6-13-9/h5-6,11H,3-4,10H2,1-2H3,(H,12,13). The molecule has 14 heavy (non-hydrogen) atoms. The number of aromatic nitrogens is 1. The number of nitrogen functional groups attached to an aromatic ring is 1. The molecule has 0 aromatic carbocycles. The molecule has 0 atom stereocenters. The minimum Gasteiger partial charge on any atom is -0.493 e. The molecule has 0 saturated carbocycles. The van der Waals surface area contributed by atoms with E-state index in [1.54, 1.807) is 19.4 Å². The number of hydrogen-bond donors (Lipinski definition) is 3.